The van der Waals surface area contributed by atoms with Gasteiger partial charge in [-0.05, 0) is 41.7 Å². The first kappa shape index (κ1) is 23.3. The maximum atomic E-state index is 13.3. The van der Waals surface area contributed by atoms with Gasteiger partial charge >= 0.3 is 5.97 Å². The third-order valence-corrected chi connectivity index (χ3v) is 7.38. The lowest BCUT2D eigenvalue weighted by atomic mass is 9.96. The Morgan fingerprint density at radius 3 is 2.83 bits per heavy atom. The number of thiophene rings is 1. The third-order valence-electron chi connectivity index (χ3n) is 6.65. The fourth-order valence-electron chi connectivity index (χ4n) is 4.80. The summed E-state index contributed by atoms with van der Waals surface area (Å²) in [6, 6.07) is 3.35. The van der Waals surface area contributed by atoms with Gasteiger partial charge in [-0.15, -0.1) is 0 Å². The molecule has 0 saturated heterocycles. The maximum Gasteiger partial charge on any atom is 0.343 e. The second kappa shape index (κ2) is 10.1. The van der Waals surface area contributed by atoms with Gasteiger partial charge in [-0.3, -0.25) is 9.59 Å². The Morgan fingerprint density at radius 2 is 2.03 bits per heavy atom. The molecule has 0 unspecified atom stereocenters. The molecule has 0 radical (unpaired) electrons. The lowest BCUT2D eigenvalue weighted by Crippen LogP contribution is -2.35. The van der Waals surface area contributed by atoms with Gasteiger partial charge < -0.3 is 23.5 Å². The first-order valence-corrected chi connectivity index (χ1v) is 12.8. The second-order valence-electron chi connectivity index (χ2n) is 8.72. The normalized spacial score (nSPS) is 15.2. The number of carbonyl (C=O) groups excluding carboxylic acids is 2. The van der Waals surface area contributed by atoms with Gasteiger partial charge in [0.15, 0.2) is 5.69 Å². The highest BCUT2D eigenvalue weighted by Crippen LogP contribution is 2.27. The van der Waals surface area contributed by atoms with E-state index in [1.165, 1.54) is 13.2 Å². The van der Waals surface area contributed by atoms with Crippen molar-refractivity contribution in [2.75, 3.05) is 26.8 Å². The predicted octanol–water partition coefficient (Wildman–Crippen LogP) is 2.88. The minimum Gasteiger partial charge on any atom is -0.492 e. The summed E-state index contributed by atoms with van der Waals surface area (Å²) < 4.78 is 17.9. The Labute approximate surface area is 206 Å². The van der Waals surface area contributed by atoms with Crippen LogP contribution in [-0.4, -0.2) is 53.3 Å². The molecule has 2 aliphatic rings. The number of fused-ring (bicyclic) bond motifs is 2. The molecule has 5 rings (SSSR count). The first-order chi connectivity index (χ1) is 17.1. The predicted molar refractivity (Wildman–Crippen MR) is 128 cm³/mol. The fraction of sp³-hybridized carbons (Fsp3) is 0.440. The molecule has 0 saturated carbocycles. The number of hydrogen-bond acceptors (Lipinski definition) is 8. The van der Waals surface area contributed by atoms with Gasteiger partial charge in [-0.25, -0.2) is 4.79 Å². The van der Waals surface area contributed by atoms with Crippen LogP contribution in [0.2, 0.25) is 0 Å². The molecule has 3 aromatic rings. The summed E-state index contributed by atoms with van der Waals surface area (Å²) in [5, 5.41) is 8.10. The molecule has 0 atom stereocenters. The van der Waals surface area contributed by atoms with Crippen molar-refractivity contribution in [1.82, 2.24) is 14.6 Å². The largest absolute Gasteiger partial charge is 0.492 e. The van der Waals surface area contributed by atoms with Gasteiger partial charge in [-0.1, -0.05) is 5.16 Å². The smallest absolute Gasteiger partial charge is 0.343 e. The molecule has 0 fully saturated rings. The molecule has 0 bridgehead atoms. The monoisotopic (exact) mass is 497 g/mol. The van der Waals surface area contributed by atoms with E-state index in [1.807, 2.05) is 16.8 Å². The number of pyridine rings is 1. The van der Waals surface area contributed by atoms with Crippen molar-refractivity contribution >= 4 is 23.2 Å². The zero-order chi connectivity index (χ0) is 24.4. The molecule has 1 amide bonds. The number of methoxy groups -OCH3 is 1. The number of nitrogens with zero attached hydrogens (tertiary/aromatic N) is 3. The summed E-state index contributed by atoms with van der Waals surface area (Å²) in [5.41, 5.74) is 2.88. The van der Waals surface area contributed by atoms with Crippen LogP contribution in [-0.2, 0) is 37.0 Å². The van der Waals surface area contributed by atoms with E-state index in [2.05, 4.69) is 5.16 Å². The zero-order valence-electron chi connectivity index (χ0n) is 19.6. The van der Waals surface area contributed by atoms with E-state index < -0.39 is 5.97 Å². The number of hydrogen-bond donors (Lipinski definition) is 0. The van der Waals surface area contributed by atoms with Gasteiger partial charge in [0, 0.05) is 56.2 Å². The molecule has 1 aliphatic heterocycles. The van der Waals surface area contributed by atoms with Crippen LogP contribution < -0.4 is 10.3 Å². The summed E-state index contributed by atoms with van der Waals surface area (Å²) in [4.78, 5) is 40.8. The van der Waals surface area contributed by atoms with E-state index >= 15 is 0 Å². The van der Waals surface area contributed by atoms with Crippen molar-refractivity contribution < 1.29 is 23.6 Å². The van der Waals surface area contributed by atoms with Crippen molar-refractivity contribution in [3.8, 4) is 5.75 Å². The number of aryl methyl sites for hydroxylation is 1. The van der Waals surface area contributed by atoms with E-state index in [-0.39, 0.29) is 29.3 Å². The Morgan fingerprint density at radius 1 is 1.17 bits per heavy atom. The molecule has 10 heteroatoms. The molecule has 0 N–H and O–H groups in total. The molecular weight excluding hydrogens is 470 g/mol. The number of carbonyl (C=O) groups is 2. The molecule has 0 aromatic carbocycles. The Hall–Kier alpha value is -3.40. The molecular formula is C25H27N3O6S. The first-order valence-electron chi connectivity index (χ1n) is 11.8. The molecule has 35 heavy (non-hydrogen) atoms. The van der Waals surface area contributed by atoms with Crippen LogP contribution in [0.3, 0.4) is 0 Å². The molecule has 9 nitrogen and oxygen atoms in total. The highest BCUT2D eigenvalue weighted by molar-refractivity contribution is 7.07. The average molecular weight is 498 g/mol. The van der Waals surface area contributed by atoms with Crippen molar-refractivity contribution in [3.05, 3.63) is 67.1 Å². The number of ether oxygens (including phenoxy) is 2. The summed E-state index contributed by atoms with van der Waals surface area (Å²) in [6.07, 6.45) is 4.60. The number of rotatable bonds is 6. The lowest BCUT2D eigenvalue weighted by molar-refractivity contribution is 0.0593. The number of amides is 1. The van der Waals surface area contributed by atoms with Gasteiger partial charge in [0.2, 0.25) is 0 Å². The molecule has 0 spiro atoms. The molecule has 3 aromatic heterocycles. The molecule has 4 heterocycles. The Balaban J connectivity index is 1.39. The van der Waals surface area contributed by atoms with E-state index in [9.17, 15) is 14.4 Å². The van der Waals surface area contributed by atoms with Crippen LogP contribution in [0.15, 0.2) is 32.2 Å². The molecule has 1 aliphatic carbocycles. The van der Waals surface area contributed by atoms with Crippen LogP contribution in [0.25, 0.3) is 0 Å². The van der Waals surface area contributed by atoms with Gasteiger partial charge in [0.25, 0.3) is 11.5 Å². The zero-order valence-corrected chi connectivity index (χ0v) is 20.4. The summed E-state index contributed by atoms with van der Waals surface area (Å²) >= 11 is 1.60. The van der Waals surface area contributed by atoms with Crippen LogP contribution in [0.5, 0.6) is 5.75 Å². The minimum atomic E-state index is -0.565. The van der Waals surface area contributed by atoms with Gasteiger partial charge in [0.1, 0.15) is 17.1 Å². The maximum absolute atomic E-state index is 13.3. The van der Waals surface area contributed by atoms with Crippen LogP contribution >= 0.6 is 11.3 Å². The summed E-state index contributed by atoms with van der Waals surface area (Å²) in [6.45, 7) is 1.25. The van der Waals surface area contributed by atoms with E-state index in [0.717, 1.165) is 42.6 Å². The highest BCUT2D eigenvalue weighted by Gasteiger charge is 2.31. The number of aromatic nitrogens is 2. The summed E-state index contributed by atoms with van der Waals surface area (Å²) in [5.74, 6) is 0.245. The standard InChI is InChI=1S/C25H27N3O6S/c1-32-25(31)22-18-6-9-27(24(30)23-17-4-2-3-5-19(17)34-26-23)10-11-28(18)21(29)14-20(22)33-12-7-16-8-13-35-15-16/h8,13-15H,2-7,9-12H2,1H3. The van der Waals surface area contributed by atoms with Crippen molar-refractivity contribution in [2.45, 2.75) is 45.1 Å². The van der Waals surface area contributed by atoms with E-state index in [1.54, 1.807) is 20.8 Å². The Kier molecular flexibility index (Phi) is 6.72. The Bertz CT molecular complexity index is 1290. The fourth-order valence-corrected chi connectivity index (χ4v) is 5.51. The van der Waals surface area contributed by atoms with Crippen molar-refractivity contribution in [3.63, 3.8) is 0 Å². The van der Waals surface area contributed by atoms with Crippen LogP contribution in [0, 0.1) is 0 Å². The third kappa shape index (κ3) is 4.62. The summed E-state index contributed by atoms with van der Waals surface area (Å²) in [7, 11) is 1.31. The van der Waals surface area contributed by atoms with Crippen LogP contribution in [0.1, 0.15) is 56.3 Å². The SMILES string of the molecule is COC(=O)c1c(OCCc2ccsc2)cc(=O)n2c1CCN(C(=O)c1noc3c1CCCC3)CC2. The topological polar surface area (TPSA) is 104 Å². The minimum absolute atomic E-state index is 0.204. The lowest BCUT2D eigenvalue weighted by Gasteiger charge is -2.19. The average Bonchev–Trinajstić information content (AvgIpc) is 3.49. The van der Waals surface area contributed by atoms with Gasteiger partial charge in [-0.2, -0.15) is 11.3 Å². The second-order valence-corrected chi connectivity index (χ2v) is 9.50. The number of esters is 1. The van der Waals surface area contributed by atoms with E-state index in [0.29, 0.717) is 43.9 Å². The highest BCUT2D eigenvalue weighted by atomic mass is 32.1. The quantitative estimate of drug-likeness (QED) is 0.483. The molecule has 184 valence electrons. The van der Waals surface area contributed by atoms with Crippen LogP contribution in [0.4, 0.5) is 0 Å². The van der Waals surface area contributed by atoms with E-state index in [4.69, 9.17) is 14.0 Å². The van der Waals surface area contributed by atoms with Gasteiger partial charge in [0.05, 0.1) is 13.7 Å². The van der Waals surface area contributed by atoms with Crippen molar-refractivity contribution in [2.24, 2.45) is 0 Å². The van der Waals surface area contributed by atoms with Crippen molar-refractivity contribution in [1.29, 1.82) is 0 Å².